The number of alkyl halides is 3. The van der Waals surface area contributed by atoms with Gasteiger partial charge in [-0.25, -0.2) is 4.79 Å². The Balaban J connectivity index is 0.000000405. The van der Waals surface area contributed by atoms with Gasteiger partial charge in [0.15, 0.2) is 0 Å². The number of carboxylic acids is 1. The van der Waals surface area contributed by atoms with Crippen molar-refractivity contribution in [2.45, 2.75) is 12.6 Å². The molecule has 11 heteroatoms. The fourth-order valence-electron chi connectivity index (χ4n) is 3.96. The van der Waals surface area contributed by atoms with Crippen LogP contribution >= 0.6 is 11.8 Å². The van der Waals surface area contributed by atoms with Gasteiger partial charge in [0.2, 0.25) is 0 Å². The molecule has 0 atom stereocenters. The molecule has 37 heavy (non-hydrogen) atoms. The molecule has 0 unspecified atom stereocenters. The first kappa shape index (κ1) is 26.3. The third-order valence-electron chi connectivity index (χ3n) is 5.85. The van der Waals surface area contributed by atoms with Crippen LogP contribution in [0.4, 0.5) is 18.9 Å². The number of fused-ring (bicyclic) bond motifs is 1. The molecule has 4 heterocycles. The smallest absolute Gasteiger partial charge is 0.475 e. The van der Waals surface area contributed by atoms with Crippen molar-refractivity contribution in [3.8, 4) is 11.3 Å². The molecule has 0 radical (unpaired) electrons. The standard InChI is InChI=1S/C24H24N4OS.C2HF3O2/c29-24-21-16-23(27-22(21)8-10-26-24)18-7-9-25-19(15-18)4-1-17-2-5-20(6-3-17)28-11-13-30-14-12-28;3-2(4,5)1(6)7/h1-7,9,15-16,27H,8,10-14H2,(H,26,29);(H,6,7)/b4-1+;. The molecule has 3 N–H and O–H groups in total. The minimum Gasteiger partial charge on any atom is -0.475 e. The van der Waals surface area contributed by atoms with E-state index in [9.17, 15) is 18.0 Å². The fraction of sp³-hybridized carbons (Fsp3) is 0.269. The average molecular weight is 531 g/mol. The first-order chi connectivity index (χ1) is 17.7. The van der Waals surface area contributed by atoms with Gasteiger partial charge in [-0.1, -0.05) is 18.2 Å². The summed E-state index contributed by atoms with van der Waals surface area (Å²) in [7, 11) is 0. The number of hydrogen-bond donors (Lipinski definition) is 3. The number of H-pyrrole nitrogens is 1. The van der Waals surface area contributed by atoms with Gasteiger partial charge in [-0.05, 0) is 42.0 Å². The van der Waals surface area contributed by atoms with Gasteiger partial charge in [0, 0.05) is 66.4 Å². The molecule has 0 aliphatic carbocycles. The third kappa shape index (κ3) is 6.94. The van der Waals surface area contributed by atoms with Crippen LogP contribution in [0.5, 0.6) is 0 Å². The Labute approximate surface area is 215 Å². The number of aromatic nitrogens is 2. The molecular weight excluding hydrogens is 505 g/mol. The lowest BCUT2D eigenvalue weighted by Crippen LogP contribution is -2.32. The molecule has 0 saturated carbocycles. The number of hydrogen-bond acceptors (Lipinski definition) is 5. The van der Waals surface area contributed by atoms with Crippen molar-refractivity contribution in [1.82, 2.24) is 15.3 Å². The van der Waals surface area contributed by atoms with Crippen LogP contribution in [0.25, 0.3) is 23.4 Å². The number of amides is 1. The lowest BCUT2D eigenvalue weighted by molar-refractivity contribution is -0.192. The van der Waals surface area contributed by atoms with E-state index in [0.717, 1.165) is 53.3 Å². The van der Waals surface area contributed by atoms with Crippen LogP contribution in [0.1, 0.15) is 27.3 Å². The number of aliphatic carboxylic acids is 1. The molecule has 1 amide bonds. The number of rotatable bonds is 4. The van der Waals surface area contributed by atoms with E-state index in [1.54, 1.807) is 0 Å². The van der Waals surface area contributed by atoms with Crippen LogP contribution in [0.3, 0.4) is 0 Å². The molecule has 1 fully saturated rings. The summed E-state index contributed by atoms with van der Waals surface area (Å²) >= 11 is 2.03. The fourth-order valence-corrected chi connectivity index (χ4v) is 4.86. The summed E-state index contributed by atoms with van der Waals surface area (Å²) < 4.78 is 31.7. The number of benzene rings is 1. The maximum Gasteiger partial charge on any atom is 0.490 e. The number of pyridine rings is 1. The maximum absolute atomic E-state index is 12.0. The summed E-state index contributed by atoms with van der Waals surface area (Å²) in [5.74, 6) is -0.344. The van der Waals surface area contributed by atoms with Crippen molar-refractivity contribution < 1.29 is 27.9 Å². The van der Waals surface area contributed by atoms with Crippen molar-refractivity contribution in [2.75, 3.05) is 36.0 Å². The van der Waals surface area contributed by atoms with Crippen LogP contribution in [0.2, 0.25) is 0 Å². The highest BCUT2D eigenvalue weighted by Gasteiger charge is 2.38. The Morgan fingerprint density at radius 1 is 1.08 bits per heavy atom. The van der Waals surface area contributed by atoms with Crippen LogP contribution in [-0.2, 0) is 11.2 Å². The highest BCUT2D eigenvalue weighted by atomic mass is 32.2. The van der Waals surface area contributed by atoms with E-state index < -0.39 is 12.1 Å². The Bertz CT molecular complexity index is 1280. The second-order valence-electron chi connectivity index (χ2n) is 8.38. The molecule has 194 valence electrons. The lowest BCUT2D eigenvalue weighted by atomic mass is 10.1. The summed E-state index contributed by atoms with van der Waals surface area (Å²) in [5, 5.41) is 10.0. The zero-order chi connectivity index (χ0) is 26.4. The number of anilines is 1. The Hall–Kier alpha value is -3.73. The summed E-state index contributed by atoms with van der Waals surface area (Å²) in [5.41, 5.74) is 7.09. The minimum atomic E-state index is -5.08. The van der Waals surface area contributed by atoms with Gasteiger partial charge in [0.25, 0.3) is 5.91 Å². The number of aromatic amines is 1. The van der Waals surface area contributed by atoms with E-state index in [1.807, 2.05) is 42.2 Å². The van der Waals surface area contributed by atoms with Gasteiger partial charge in [-0.3, -0.25) is 9.78 Å². The maximum atomic E-state index is 12.0. The largest absolute Gasteiger partial charge is 0.490 e. The van der Waals surface area contributed by atoms with Crippen LogP contribution < -0.4 is 10.2 Å². The van der Waals surface area contributed by atoms with E-state index >= 15 is 0 Å². The molecule has 1 aromatic carbocycles. The SMILES string of the molecule is O=C(O)C(F)(F)F.O=C1NCCc2[nH]c(-c3ccnc(/C=C/c4ccc(N5CCSCC5)cc4)c3)cc21. The lowest BCUT2D eigenvalue weighted by Gasteiger charge is -2.28. The summed E-state index contributed by atoms with van der Waals surface area (Å²) in [6.45, 7) is 2.94. The van der Waals surface area contributed by atoms with Crippen molar-refractivity contribution in [1.29, 1.82) is 0 Å². The number of nitrogens with one attached hydrogen (secondary N) is 2. The number of halogens is 3. The predicted molar refractivity (Wildman–Crippen MR) is 139 cm³/mol. The number of carbonyl (C=O) groups excluding carboxylic acids is 1. The van der Waals surface area contributed by atoms with Gasteiger partial charge in [-0.15, -0.1) is 0 Å². The zero-order valence-corrected chi connectivity index (χ0v) is 20.5. The monoisotopic (exact) mass is 530 g/mol. The van der Waals surface area contributed by atoms with Crippen LogP contribution in [0.15, 0.2) is 48.7 Å². The van der Waals surface area contributed by atoms with Gasteiger partial charge in [0.1, 0.15) is 0 Å². The van der Waals surface area contributed by atoms with E-state index in [1.165, 1.54) is 17.2 Å². The number of carboxylic acid groups (broad SMARTS) is 1. The van der Waals surface area contributed by atoms with Crippen LogP contribution in [0, 0.1) is 0 Å². The molecule has 3 aromatic rings. The van der Waals surface area contributed by atoms with Gasteiger partial charge in [-0.2, -0.15) is 24.9 Å². The molecular formula is C26H25F3N4O3S. The van der Waals surface area contributed by atoms with Crippen molar-refractivity contribution in [3.63, 3.8) is 0 Å². The van der Waals surface area contributed by atoms with Gasteiger partial charge >= 0.3 is 12.1 Å². The second kappa shape index (κ2) is 11.5. The highest BCUT2D eigenvalue weighted by Crippen LogP contribution is 2.25. The van der Waals surface area contributed by atoms with E-state index in [-0.39, 0.29) is 5.91 Å². The number of nitrogens with zero attached hydrogens (tertiary/aromatic N) is 2. The second-order valence-corrected chi connectivity index (χ2v) is 9.60. The molecule has 5 rings (SSSR count). The predicted octanol–water partition coefficient (Wildman–Crippen LogP) is 4.72. The van der Waals surface area contributed by atoms with Crippen molar-refractivity contribution >= 4 is 41.5 Å². The van der Waals surface area contributed by atoms with Crippen molar-refractivity contribution in [3.05, 3.63) is 71.2 Å². The third-order valence-corrected chi connectivity index (χ3v) is 6.80. The van der Waals surface area contributed by atoms with E-state index in [4.69, 9.17) is 9.90 Å². The summed E-state index contributed by atoms with van der Waals surface area (Å²) in [4.78, 5) is 31.2. The molecule has 2 aliphatic rings. The Morgan fingerprint density at radius 2 is 1.78 bits per heavy atom. The zero-order valence-electron chi connectivity index (χ0n) is 19.7. The Morgan fingerprint density at radius 3 is 2.43 bits per heavy atom. The topological polar surface area (TPSA) is 98.3 Å². The average Bonchev–Trinajstić information content (AvgIpc) is 3.34. The quantitative estimate of drug-likeness (QED) is 0.452. The first-order valence-electron chi connectivity index (χ1n) is 11.6. The molecule has 0 spiro atoms. The first-order valence-corrected chi connectivity index (χ1v) is 12.7. The molecule has 0 bridgehead atoms. The number of carbonyl (C=O) groups is 2. The van der Waals surface area contributed by atoms with E-state index in [0.29, 0.717) is 6.54 Å². The van der Waals surface area contributed by atoms with Crippen LogP contribution in [-0.4, -0.2) is 64.3 Å². The van der Waals surface area contributed by atoms with Gasteiger partial charge < -0.3 is 20.3 Å². The minimum absolute atomic E-state index is 0.000296. The Kier molecular flexibility index (Phi) is 8.22. The molecule has 2 aromatic heterocycles. The highest BCUT2D eigenvalue weighted by molar-refractivity contribution is 7.99. The van der Waals surface area contributed by atoms with Crippen molar-refractivity contribution in [2.24, 2.45) is 0 Å². The summed E-state index contributed by atoms with van der Waals surface area (Å²) in [6, 6.07) is 14.7. The van der Waals surface area contributed by atoms with Gasteiger partial charge in [0.05, 0.1) is 11.3 Å². The number of thioether (sulfide) groups is 1. The van der Waals surface area contributed by atoms with E-state index in [2.05, 4.69) is 50.5 Å². The summed E-state index contributed by atoms with van der Waals surface area (Å²) in [6.07, 6.45) is 1.69. The normalized spacial score (nSPS) is 15.5. The molecule has 7 nitrogen and oxygen atoms in total. The molecule has 2 aliphatic heterocycles. The molecule has 1 saturated heterocycles.